The molecule has 4 heterocycles. The van der Waals surface area contributed by atoms with Crippen molar-refractivity contribution in [3.8, 4) is 11.5 Å². The van der Waals surface area contributed by atoms with Gasteiger partial charge in [0.25, 0.3) is 5.89 Å². The SMILES string of the molecule is CC(C)c1noc(-c2ccnc(NCc3ccnc(N4CCCCC4)c3)c2)n1. The predicted molar refractivity (Wildman–Crippen MR) is 109 cm³/mol. The Bertz CT molecular complexity index is 917. The largest absolute Gasteiger partial charge is 0.366 e. The maximum absolute atomic E-state index is 5.38. The third kappa shape index (κ3) is 4.30. The zero-order chi connectivity index (χ0) is 19.3. The number of nitrogens with one attached hydrogen (secondary N) is 1. The summed E-state index contributed by atoms with van der Waals surface area (Å²) in [5, 5.41) is 7.41. The molecule has 146 valence electrons. The molecular formula is C21H26N6O. The van der Waals surface area contributed by atoms with Crippen LogP contribution in [0.25, 0.3) is 11.5 Å². The first-order valence-electron chi connectivity index (χ1n) is 9.93. The van der Waals surface area contributed by atoms with Crippen molar-refractivity contribution in [2.45, 2.75) is 45.6 Å². The van der Waals surface area contributed by atoms with Gasteiger partial charge in [-0.3, -0.25) is 0 Å². The number of hydrogen-bond donors (Lipinski definition) is 1. The van der Waals surface area contributed by atoms with E-state index in [9.17, 15) is 0 Å². The molecule has 0 atom stereocenters. The maximum Gasteiger partial charge on any atom is 0.258 e. The van der Waals surface area contributed by atoms with Crippen molar-refractivity contribution in [1.29, 1.82) is 0 Å². The van der Waals surface area contributed by atoms with Gasteiger partial charge in [-0.15, -0.1) is 0 Å². The summed E-state index contributed by atoms with van der Waals surface area (Å²) >= 11 is 0. The number of aromatic nitrogens is 4. The highest BCUT2D eigenvalue weighted by molar-refractivity contribution is 5.58. The summed E-state index contributed by atoms with van der Waals surface area (Å²) in [6, 6.07) is 8.01. The van der Waals surface area contributed by atoms with Crippen molar-refractivity contribution in [3.63, 3.8) is 0 Å². The number of pyridine rings is 2. The predicted octanol–water partition coefficient (Wildman–Crippen LogP) is 4.25. The molecule has 3 aromatic rings. The smallest absolute Gasteiger partial charge is 0.258 e. The average molecular weight is 378 g/mol. The van der Waals surface area contributed by atoms with Crippen molar-refractivity contribution >= 4 is 11.6 Å². The van der Waals surface area contributed by atoms with E-state index in [4.69, 9.17) is 4.52 Å². The Morgan fingerprint density at radius 3 is 2.68 bits per heavy atom. The minimum atomic E-state index is 0.234. The first-order chi connectivity index (χ1) is 13.7. The topological polar surface area (TPSA) is 80.0 Å². The zero-order valence-electron chi connectivity index (χ0n) is 16.4. The van der Waals surface area contributed by atoms with Crippen LogP contribution in [0.3, 0.4) is 0 Å². The van der Waals surface area contributed by atoms with Crippen molar-refractivity contribution in [3.05, 3.63) is 48.0 Å². The van der Waals surface area contributed by atoms with Gasteiger partial charge in [0.1, 0.15) is 11.6 Å². The first-order valence-corrected chi connectivity index (χ1v) is 9.93. The molecule has 0 spiro atoms. The van der Waals surface area contributed by atoms with Crippen LogP contribution >= 0.6 is 0 Å². The van der Waals surface area contributed by atoms with Gasteiger partial charge in [-0.05, 0) is 49.1 Å². The van der Waals surface area contributed by atoms with Crippen LogP contribution in [0.2, 0.25) is 0 Å². The van der Waals surface area contributed by atoms with Crippen molar-refractivity contribution in [2.24, 2.45) is 0 Å². The van der Waals surface area contributed by atoms with Crippen LogP contribution in [-0.2, 0) is 6.54 Å². The van der Waals surface area contributed by atoms with E-state index in [0.717, 1.165) is 30.3 Å². The van der Waals surface area contributed by atoms with E-state index in [-0.39, 0.29) is 5.92 Å². The van der Waals surface area contributed by atoms with Gasteiger partial charge in [0.2, 0.25) is 0 Å². The number of anilines is 2. The van der Waals surface area contributed by atoms with E-state index < -0.39 is 0 Å². The lowest BCUT2D eigenvalue weighted by atomic mass is 10.1. The van der Waals surface area contributed by atoms with Gasteiger partial charge in [0, 0.05) is 43.5 Å². The molecule has 1 aliphatic rings. The van der Waals surface area contributed by atoms with Gasteiger partial charge in [-0.25, -0.2) is 9.97 Å². The second-order valence-electron chi connectivity index (χ2n) is 7.47. The van der Waals surface area contributed by atoms with E-state index >= 15 is 0 Å². The van der Waals surface area contributed by atoms with Crippen LogP contribution in [0.1, 0.15) is 50.4 Å². The minimum absolute atomic E-state index is 0.234. The summed E-state index contributed by atoms with van der Waals surface area (Å²) in [4.78, 5) is 15.8. The molecule has 7 heteroatoms. The van der Waals surface area contributed by atoms with Gasteiger partial charge in [0.05, 0.1) is 0 Å². The van der Waals surface area contributed by atoms with Gasteiger partial charge in [-0.2, -0.15) is 4.98 Å². The molecule has 7 nitrogen and oxygen atoms in total. The van der Waals surface area contributed by atoms with Crippen LogP contribution < -0.4 is 10.2 Å². The number of piperidine rings is 1. The van der Waals surface area contributed by atoms with Crippen LogP contribution in [-0.4, -0.2) is 33.2 Å². The fraction of sp³-hybridized carbons (Fsp3) is 0.429. The Kier molecular flexibility index (Phi) is 5.50. The lowest BCUT2D eigenvalue weighted by molar-refractivity contribution is 0.419. The minimum Gasteiger partial charge on any atom is -0.366 e. The Labute approximate surface area is 165 Å². The summed E-state index contributed by atoms with van der Waals surface area (Å²) in [6.07, 6.45) is 7.45. The lowest BCUT2D eigenvalue weighted by Crippen LogP contribution is -2.30. The molecule has 0 aliphatic carbocycles. The second kappa shape index (κ2) is 8.37. The quantitative estimate of drug-likeness (QED) is 0.687. The highest BCUT2D eigenvalue weighted by atomic mass is 16.5. The molecule has 0 amide bonds. The zero-order valence-corrected chi connectivity index (χ0v) is 16.4. The Hall–Kier alpha value is -2.96. The van der Waals surface area contributed by atoms with Crippen LogP contribution in [0.15, 0.2) is 41.2 Å². The van der Waals surface area contributed by atoms with E-state index in [1.807, 2.05) is 38.2 Å². The van der Waals surface area contributed by atoms with E-state index in [1.54, 1.807) is 6.20 Å². The summed E-state index contributed by atoms with van der Waals surface area (Å²) in [5.74, 6) is 3.30. The first kappa shape index (κ1) is 18.4. The second-order valence-corrected chi connectivity index (χ2v) is 7.47. The Morgan fingerprint density at radius 1 is 1.07 bits per heavy atom. The fourth-order valence-electron chi connectivity index (χ4n) is 3.31. The Balaban J connectivity index is 1.43. The Morgan fingerprint density at radius 2 is 1.89 bits per heavy atom. The molecule has 0 saturated carbocycles. The molecule has 4 rings (SSSR count). The summed E-state index contributed by atoms with van der Waals surface area (Å²) in [6.45, 7) is 6.95. The molecule has 1 aliphatic heterocycles. The van der Waals surface area contributed by atoms with Crippen LogP contribution in [0, 0.1) is 0 Å². The lowest BCUT2D eigenvalue weighted by Gasteiger charge is -2.27. The summed E-state index contributed by atoms with van der Waals surface area (Å²) < 4.78 is 5.38. The molecule has 1 N–H and O–H groups in total. The standard InChI is InChI=1S/C21H26N6O/c1-15(2)20-25-21(28-26-20)17-7-9-22-18(13-17)24-14-16-6-8-23-19(12-16)27-10-4-3-5-11-27/h6-9,12-13,15H,3-5,10-11,14H2,1-2H3,(H,22,24). The highest BCUT2D eigenvalue weighted by Gasteiger charge is 2.13. The normalized spacial score (nSPS) is 14.5. The number of rotatable bonds is 6. The van der Waals surface area contributed by atoms with Crippen molar-refractivity contribution < 1.29 is 4.52 Å². The monoisotopic (exact) mass is 378 g/mol. The molecule has 28 heavy (non-hydrogen) atoms. The van der Waals surface area contributed by atoms with E-state index in [2.05, 4.69) is 36.4 Å². The molecule has 0 radical (unpaired) electrons. The summed E-state index contributed by atoms with van der Waals surface area (Å²) in [7, 11) is 0. The third-order valence-electron chi connectivity index (χ3n) is 4.93. The van der Waals surface area contributed by atoms with Crippen molar-refractivity contribution in [1.82, 2.24) is 20.1 Å². The van der Waals surface area contributed by atoms with Gasteiger partial charge < -0.3 is 14.7 Å². The molecule has 1 saturated heterocycles. The molecule has 0 bridgehead atoms. The molecule has 0 unspecified atom stereocenters. The fourth-order valence-corrected chi connectivity index (χ4v) is 3.31. The summed E-state index contributed by atoms with van der Waals surface area (Å²) in [5.41, 5.74) is 2.04. The van der Waals surface area contributed by atoms with E-state index in [1.165, 1.54) is 24.8 Å². The van der Waals surface area contributed by atoms with Crippen LogP contribution in [0.5, 0.6) is 0 Å². The van der Waals surface area contributed by atoms with Gasteiger partial charge in [-0.1, -0.05) is 19.0 Å². The van der Waals surface area contributed by atoms with Gasteiger partial charge in [0.15, 0.2) is 5.82 Å². The molecule has 3 aromatic heterocycles. The van der Waals surface area contributed by atoms with Crippen LogP contribution in [0.4, 0.5) is 11.6 Å². The molecule has 1 fully saturated rings. The van der Waals surface area contributed by atoms with Gasteiger partial charge >= 0.3 is 0 Å². The molecule has 0 aromatic carbocycles. The number of nitrogens with zero attached hydrogens (tertiary/aromatic N) is 5. The highest BCUT2D eigenvalue weighted by Crippen LogP contribution is 2.22. The van der Waals surface area contributed by atoms with E-state index in [0.29, 0.717) is 18.3 Å². The maximum atomic E-state index is 5.38. The average Bonchev–Trinajstić information content (AvgIpc) is 3.24. The third-order valence-corrected chi connectivity index (χ3v) is 4.93. The van der Waals surface area contributed by atoms with Crippen molar-refractivity contribution in [2.75, 3.05) is 23.3 Å². The molecular weight excluding hydrogens is 352 g/mol. The number of hydrogen-bond acceptors (Lipinski definition) is 7.